The summed E-state index contributed by atoms with van der Waals surface area (Å²) < 4.78 is 29.6. The highest BCUT2D eigenvalue weighted by atomic mass is 32.2. The lowest BCUT2D eigenvalue weighted by molar-refractivity contribution is -0.125. The molecule has 9 heteroatoms. The van der Waals surface area contributed by atoms with Crippen LogP contribution in [0.15, 0.2) is 59.8 Å². The van der Waals surface area contributed by atoms with Gasteiger partial charge in [0.1, 0.15) is 6.04 Å². The summed E-state index contributed by atoms with van der Waals surface area (Å²) in [5.41, 5.74) is 4.68. The summed E-state index contributed by atoms with van der Waals surface area (Å²) in [6.07, 6.45) is 3.65. The molecule has 4 rings (SSSR count). The third-order valence-corrected chi connectivity index (χ3v) is 8.76. The Balaban J connectivity index is 1.69. The van der Waals surface area contributed by atoms with E-state index in [4.69, 9.17) is 0 Å². The summed E-state index contributed by atoms with van der Waals surface area (Å²) in [5, 5.41) is 5.59. The highest BCUT2D eigenvalue weighted by molar-refractivity contribution is 7.93. The maximum atomic E-state index is 14.2. The molecule has 0 radical (unpaired) electrons. The van der Waals surface area contributed by atoms with Crippen LogP contribution in [0.25, 0.3) is 0 Å². The van der Waals surface area contributed by atoms with Gasteiger partial charge in [0.15, 0.2) is 0 Å². The molecule has 1 aliphatic heterocycles. The molecule has 1 aliphatic rings. The molecule has 0 spiro atoms. The van der Waals surface area contributed by atoms with Crippen LogP contribution in [0.5, 0.6) is 0 Å². The fourth-order valence-corrected chi connectivity index (χ4v) is 6.76. The quantitative estimate of drug-likeness (QED) is 0.509. The van der Waals surface area contributed by atoms with E-state index in [-0.39, 0.29) is 11.3 Å². The van der Waals surface area contributed by atoms with Crippen molar-refractivity contribution < 1.29 is 18.0 Å². The van der Waals surface area contributed by atoms with Gasteiger partial charge >= 0.3 is 0 Å². The number of benzene rings is 2. The number of nitrogens with zero attached hydrogens (tertiary/aromatic N) is 2. The van der Waals surface area contributed by atoms with E-state index in [2.05, 4.69) is 15.6 Å². The van der Waals surface area contributed by atoms with Gasteiger partial charge in [-0.25, -0.2) is 8.42 Å². The van der Waals surface area contributed by atoms with Gasteiger partial charge in [-0.3, -0.25) is 18.9 Å². The van der Waals surface area contributed by atoms with Crippen LogP contribution in [0.1, 0.15) is 34.2 Å². The monoisotopic (exact) mass is 506 g/mol. The van der Waals surface area contributed by atoms with Crippen LogP contribution in [-0.2, 0) is 26.0 Å². The molecule has 188 valence electrons. The van der Waals surface area contributed by atoms with E-state index in [0.717, 1.165) is 21.0 Å². The number of amides is 2. The zero-order valence-electron chi connectivity index (χ0n) is 20.8. The zero-order valence-corrected chi connectivity index (χ0v) is 21.6. The van der Waals surface area contributed by atoms with Crippen molar-refractivity contribution >= 4 is 33.2 Å². The number of carbonyl (C=O) groups excluding carboxylic acids is 2. The normalized spacial score (nSPS) is 15.3. The van der Waals surface area contributed by atoms with Crippen LogP contribution < -0.4 is 14.9 Å². The molecule has 0 aliphatic carbocycles. The number of nitrogens with one attached hydrogen (secondary N) is 2. The summed E-state index contributed by atoms with van der Waals surface area (Å²) in [4.78, 5) is 30.2. The van der Waals surface area contributed by atoms with Crippen molar-refractivity contribution in [1.29, 1.82) is 0 Å². The molecule has 0 saturated heterocycles. The number of para-hydroxylation sites is 2. The standard InChI is InChI=1S/C27H30N4O4S/c1-17-15-18(2)20(4)26(19(17)3)36(34,35)31-23-8-6-5-7-22(23)30-27(33)24(31)16-25(32)29-14-11-21-9-12-28-13-10-21/h5-10,12-13,15,24H,11,14,16H2,1-4H3,(H,29,32)(H,30,33)/t24-/m1/s1. The number of rotatable bonds is 7. The molecule has 8 nitrogen and oxygen atoms in total. The van der Waals surface area contributed by atoms with Crippen molar-refractivity contribution in [2.75, 3.05) is 16.2 Å². The average molecular weight is 507 g/mol. The maximum absolute atomic E-state index is 14.2. The lowest BCUT2D eigenvalue weighted by Gasteiger charge is -2.37. The number of fused-ring (bicyclic) bond motifs is 1. The van der Waals surface area contributed by atoms with Crippen LogP contribution in [0.4, 0.5) is 11.4 Å². The van der Waals surface area contributed by atoms with Gasteiger partial charge in [0.25, 0.3) is 10.0 Å². The van der Waals surface area contributed by atoms with Crippen LogP contribution in [0, 0.1) is 27.7 Å². The zero-order chi connectivity index (χ0) is 26.0. The van der Waals surface area contributed by atoms with Gasteiger partial charge in [0.2, 0.25) is 11.8 Å². The third kappa shape index (κ3) is 4.83. The van der Waals surface area contributed by atoms with Gasteiger partial charge in [-0.15, -0.1) is 0 Å². The SMILES string of the molecule is Cc1cc(C)c(C)c(S(=O)(=O)N2c3ccccc3NC(=O)[C@H]2CC(=O)NCCc2ccncc2)c1C. The summed E-state index contributed by atoms with van der Waals surface area (Å²) in [7, 11) is -4.19. The third-order valence-electron chi connectivity index (χ3n) is 6.66. The number of hydrogen-bond donors (Lipinski definition) is 2. The topological polar surface area (TPSA) is 108 Å². The first kappa shape index (κ1) is 25.4. The Morgan fingerprint density at radius 3 is 2.33 bits per heavy atom. The molecule has 0 fully saturated rings. The second-order valence-electron chi connectivity index (χ2n) is 9.07. The average Bonchev–Trinajstić information content (AvgIpc) is 2.83. The molecule has 2 N–H and O–H groups in total. The number of pyridine rings is 1. The number of anilines is 2. The van der Waals surface area contributed by atoms with Crippen molar-refractivity contribution in [1.82, 2.24) is 10.3 Å². The smallest absolute Gasteiger partial charge is 0.265 e. The molecule has 36 heavy (non-hydrogen) atoms. The van der Waals surface area contributed by atoms with Crippen molar-refractivity contribution in [3.63, 3.8) is 0 Å². The molecule has 3 aromatic rings. The number of aromatic nitrogens is 1. The number of sulfonamides is 1. The summed E-state index contributed by atoms with van der Waals surface area (Å²) >= 11 is 0. The van der Waals surface area contributed by atoms with Crippen LogP contribution in [0.2, 0.25) is 0 Å². The highest BCUT2D eigenvalue weighted by Gasteiger charge is 2.43. The Hall–Kier alpha value is -3.72. The molecule has 2 amide bonds. The summed E-state index contributed by atoms with van der Waals surface area (Å²) in [5.74, 6) is -0.945. The van der Waals surface area contributed by atoms with Gasteiger partial charge in [0.05, 0.1) is 22.7 Å². The van der Waals surface area contributed by atoms with Crippen molar-refractivity contribution in [2.24, 2.45) is 0 Å². The largest absolute Gasteiger partial charge is 0.356 e. The molecule has 1 atom stereocenters. The van der Waals surface area contributed by atoms with Gasteiger partial charge in [-0.2, -0.15) is 0 Å². The van der Waals surface area contributed by atoms with E-state index < -0.39 is 27.9 Å². The second-order valence-corrected chi connectivity index (χ2v) is 10.8. The molecule has 2 heterocycles. The Morgan fingerprint density at radius 2 is 1.67 bits per heavy atom. The minimum absolute atomic E-state index is 0.174. The lowest BCUT2D eigenvalue weighted by atomic mass is 10.0. The van der Waals surface area contributed by atoms with Gasteiger partial charge in [-0.1, -0.05) is 18.2 Å². The first-order chi connectivity index (χ1) is 17.1. The molecule has 1 aromatic heterocycles. The van der Waals surface area contributed by atoms with Crippen LogP contribution >= 0.6 is 0 Å². The van der Waals surface area contributed by atoms with E-state index in [1.165, 1.54) is 0 Å². The van der Waals surface area contributed by atoms with Crippen molar-refractivity contribution in [3.8, 4) is 0 Å². The van der Waals surface area contributed by atoms with E-state index in [9.17, 15) is 18.0 Å². The molecule has 2 aromatic carbocycles. The molecular formula is C27H30N4O4S. The minimum Gasteiger partial charge on any atom is -0.356 e. The molecule has 0 unspecified atom stereocenters. The lowest BCUT2D eigenvalue weighted by Crippen LogP contribution is -2.53. The molecular weight excluding hydrogens is 476 g/mol. The second kappa shape index (κ2) is 10.1. The van der Waals surface area contributed by atoms with Gasteiger partial charge in [0, 0.05) is 18.9 Å². The van der Waals surface area contributed by atoms with E-state index in [1.54, 1.807) is 50.5 Å². The first-order valence-electron chi connectivity index (χ1n) is 11.8. The van der Waals surface area contributed by atoms with Crippen LogP contribution in [0.3, 0.4) is 0 Å². The predicted molar refractivity (Wildman–Crippen MR) is 139 cm³/mol. The number of aryl methyl sites for hydroxylation is 2. The van der Waals surface area contributed by atoms with E-state index in [0.29, 0.717) is 35.5 Å². The summed E-state index contributed by atoms with van der Waals surface area (Å²) in [6.45, 7) is 7.63. The molecule has 0 bridgehead atoms. The van der Waals surface area contributed by atoms with Gasteiger partial charge in [-0.05, 0) is 86.2 Å². The predicted octanol–water partition coefficient (Wildman–Crippen LogP) is 3.58. The number of carbonyl (C=O) groups is 2. The van der Waals surface area contributed by atoms with E-state index >= 15 is 0 Å². The van der Waals surface area contributed by atoms with Crippen molar-refractivity contribution in [2.45, 2.75) is 51.5 Å². The van der Waals surface area contributed by atoms with Gasteiger partial charge < -0.3 is 10.6 Å². The highest BCUT2D eigenvalue weighted by Crippen LogP contribution is 2.39. The Labute approximate surface area is 211 Å². The first-order valence-corrected chi connectivity index (χ1v) is 13.2. The Bertz CT molecular complexity index is 1390. The van der Waals surface area contributed by atoms with E-state index in [1.807, 2.05) is 32.0 Å². The fourth-order valence-electron chi connectivity index (χ4n) is 4.54. The summed E-state index contributed by atoms with van der Waals surface area (Å²) in [6, 6.07) is 11.2. The van der Waals surface area contributed by atoms with Crippen LogP contribution in [-0.4, -0.2) is 37.8 Å². The maximum Gasteiger partial charge on any atom is 0.265 e. The Morgan fingerprint density at radius 1 is 1.03 bits per heavy atom. The molecule has 0 saturated carbocycles. The number of hydrogen-bond acceptors (Lipinski definition) is 5. The fraction of sp³-hybridized carbons (Fsp3) is 0.296. The van der Waals surface area contributed by atoms with Crippen molar-refractivity contribution in [3.05, 3.63) is 82.7 Å². The Kier molecular flexibility index (Phi) is 7.12. The minimum atomic E-state index is -4.19.